The van der Waals surface area contributed by atoms with Crippen molar-refractivity contribution in [2.24, 2.45) is 0 Å². The summed E-state index contributed by atoms with van der Waals surface area (Å²) in [5.74, 6) is 0.969. The smallest absolute Gasteiger partial charge is 0.0802 e. The number of hydrogen-bond donors (Lipinski definition) is 2. The maximum Gasteiger partial charge on any atom is 0.0802 e. The average molecular weight is 224 g/mol. The second-order valence-corrected chi connectivity index (χ2v) is 4.50. The lowest BCUT2D eigenvalue weighted by Crippen LogP contribution is -2.21. The zero-order valence-electron chi connectivity index (χ0n) is 9.49. The fourth-order valence-electron chi connectivity index (χ4n) is 1.34. The summed E-state index contributed by atoms with van der Waals surface area (Å²) >= 11 is 1.89. The first kappa shape index (κ1) is 12.6. The molecule has 1 unspecified atom stereocenters. The van der Waals surface area contributed by atoms with E-state index in [9.17, 15) is 0 Å². The van der Waals surface area contributed by atoms with Crippen LogP contribution in [0, 0.1) is 0 Å². The Labute approximate surface area is 96.8 Å². The molecule has 0 aliphatic carbocycles. The first-order valence-electron chi connectivity index (χ1n) is 5.43. The van der Waals surface area contributed by atoms with Crippen LogP contribution in [-0.4, -0.2) is 19.5 Å². The largest absolute Gasteiger partial charge is 0.311 e. The van der Waals surface area contributed by atoms with Gasteiger partial charge in [0.15, 0.2) is 0 Å². The summed E-state index contributed by atoms with van der Waals surface area (Å²) < 4.78 is 0. The molecule has 1 atom stereocenters. The summed E-state index contributed by atoms with van der Waals surface area (Å²) in [5.41, 5.74) is 1.35. The molecule has 84 valence electrons. The zero-order valence-corrected chi connectivity index (χ0v) is 10.3. The van der Waals surface area contributed by atoms with Crippen LogP contribution in [0.3, 0.4) is 0 Å². The third kappa shape index (κ3) is 4.69. The van der Waals surface area contributed by atoms with E-state index in [1.165, 1.54) is 12.0 Å². The highest BCUT2D eigenvalue weighted by Gasteiger charge is 2.09. The number of hydrogen-bond acceptors (Lipinski definition) is 3. The topological polar surface area (TPSA) is 24.1 Å². The molecule has 1 aromatic rings. The SMILES string of the molecule is CCCNC(SCNC)c1ccccc1. The van der Waals surface area contributed by atoms with E-state index < -0.39 is 0 Å². The van der Waals surface area contributed by atoms with Crippen LogP contribution in [0.1, 0.15) is 24.3 Å². The lowest BCUT2D eigenvalue weighted by Gasteiger charge is -2.18. The molecule has 0 saturated carbocycles. The normalized spacial score (nSPS) is 12.7. The Morgan fingerprint density at radius 2 is 2.00 bits per heavy atom. The van der Waals surface area contributed by atoms with Gasteiger partial charge in [-0.1, -0.05) is 37.3 Å². The van der Waals surface area contributed by atoms with Gasteiger partial charge in [-0.2, -0.15) is 0 Å². The molecule has 1 rings (SSSR count). The van der Waals surface area contributed by atoms with Crippen molar-refractivity contribution in [2.45, 2.75) is 18.7 Å². The van der Waals surface area contributed by atoms with Gasteiger partial charge >= 0.3 is 0 Å². The summed E-state index contributed by atoms with van der Waals surface area (Å²) in [5, 5.41) is 7.11. The zero-order chi connectivity index (χ0) is 10.9. The minimum Gasteiger partial charge on any atom is -0.311 e. The molecular weight excluding hydrogens is 204 g/mol. The maximum absolute atomic E-state index is 3.54. The van der Waals surface area contributed by atoms with E-state index in [1.807, 2.05) is 18.8 Å². The van der Waals surface area contributed by atoms with E-state index in [0.29, 0.717) is 5.37 Å². The van der Waals surface area contributed by atoms with Crippen LogP contribution in [0.5, 0.6) is 0 Å². The van der Waals surface area contributed by atoms with Gasteiger partial charge in [-0.05, 0) is 25.6 Å². The predicted molar refractivity (Wildman–Crippen MR) is 69.0 cm³/mol. The molecule has 2 nitrogen and oxygen atoms in total. The first-order valence-corrected chi connectivity index (χ1v) is 6.48. The molecule has 0 fully saturated rings. The highest BCUT2D eigenvalue weighted by Crippen LogP contribution is 2.24. The van der Waals surface area contributed by atoms with Crippen LogP contribution in [0.25, 0.3) is 0 Å². The quantitative estimate of drug-likeness (QED) is 0.696. The van der Waals surface area contributed by atoms with Gasteiger partial charge < -0.3 is 10.6 Å². The van der Waals surface area contributed by atoms with Gasteiger partial charge in [-0.3, -0.25) is 0 Å². The van der Waals surface area contributed by atoms with Crippen LogP contribution < -0.4 is 10.6 Å². The lowest BCUT2D eigenvalue weighted by molar-refractivity contribution is 0.661. The highest BCUT2D eigenvalue weighted by molar-refractivity contribution is 7.99. The van der Waals surface area contributed by atoms with Crippen LogP contribution in [0.2, 0.25) is 0 Å². The number of nitrogens with one attached hydrogen (secondary N) is 2. The van der Waals surface area contributed by atoms with E-state index in [4.69, 9.17) is 0 Å². The van der Waals surface area contributed by atoms with Crippen molar-refractivity contribution in [2.75, 3.05) is 19.5 Å². The molecule has 0 saturated heterocycles. The third-order valence-corrected chi connectivity index (χ3v) is 3.30. The molecule has 0 spiro atoms. The molecule has 0 aromatic heterocycles. The van der Waals surface area contributed by atoms with Gasteiger partial charge in [0.05, 0.1) is 5.37 Å². The van der Waals surface area contributed by atoms with Crippen molar-refractivity contribution in [3.8, 4) is 0 Å². The Bertz CT molecular complexity index is 243. The summed E-state index contributed by atoms with van der Waals surface area (Å²) in [6.45, 7) is 3.26. The van der Waals surface area contributed by atoms with Gasteiger partial charge in [0.1, 0.15) is 0 Å². The monoisotopic (exact) mass is 224 g/mol. The molecule has 3 heteroatoms. The van der Waals surface area contributed by atoms with Crippen LogP contribution in [-0.2, 0) is 0 Å². The average Bonchev–Trinajstić information content (AvgIpc) is 2.30. The Hall–Kier alpha value is -0.510. The van der Waals surface area contributed by atoms with Crippen molar-refractivity contribution in [1.29, 1.82) is 0 Å². The summed E-state index contributed by atoms with van der Waals surface area (Å²) in [6.07, 6.45) is 1.17. The summed E-state index contributed by atoms with van der Waals surface area (Å²) in [6, 6.07) is 10.6. The van der Waals surface area contributed by atoms with Gasteiger partial charge in [-0.15, -0.1) is 11.8 Å². The fourth-order valence-corrected chi connectivity index (χ4v) is 2.26. The van der Waals surface area contributed by atoms with Gasteiger partial charge in [0.2, 0.25) is 0 Å². The van der Waals surface area contributed by atoms with Crippen molar-refractivity contribution < 1.29 is 0 Å². The van der Waals surface area contributed by atoms with E-state index in [1.54, 1.807) is 0 Å². The van der Waals surface area contributed by atoms with Crippen molar-refractivity contribution in [3.05, 3.63) is 35.9 Å². The third-order valence-electron chi connectivity index (χ3n) is 2.08. The molecule has 0 bridgehead atoms. The van der Waals surface area contributed by atoms with Crippen molar-refractivity contribution >= 4 is 11.8 Å². The van der Waals surface area contributed by atoms with Crippen LogP contribution >= 0.6 is 11.8 Å². The Kier molecular flexibility index (Phi) is 6.48. The molecule has 0 aliphatic rings. The van der Waals surface area contributed by atoms with Gasteiger partial charge in [0.25, 0.3) is 0 Å². The van der Waals surface area contributed by atoms with E-state index in [-0.39, 0.29) is 0 Å². The van der Waals surface area contributed by atoms with Gasteiger partial charge in [-0.25, -0.2) is 0 Å². The lowest BCUT2D eigenvalue weighted by atomic mass is 10.2. The Balaban J connectivity index is 2.55. The highest BCUT2D eigenvalue weighted by atomic mass is 32.2. The molecule has 0 amide bonds. The molecule has 0 heterocycles. The van der Waals surface area contributed by atoms with Crippen LogP contribution in [0.4, 0.5) is 0 Å². The van der Waals surface area contributed by atoms with Crippen molar-refractivity contribution in [1.82, 2.24) is 10.6 Å². The van der Waals surface area contributed by atoms with E-state index >= 15 is 0 Å². The number of rotatable bonds is 7. The second-order valence-electron chi connectivity index (χ2n) is 3.41. The summed E-state index contributed by atoms with van der Waals surface area (Å²) in [4.78, 5) is 0. The van der Waals surface area contributed by atoms with Crippen LogP contribution in [0.15, 0.2) is 30.3 Å². The van der Waals surface area contributed by atoms with E-state index in [2.05, 4.69) is 47.9 Å². The number of benzene rings is 1. The molecule has 0 aliphatic heterocycles. The standard InChI is InChI=1S/C12H20N2S/c1-3-9-14-12(15-10-13-2)11-7-5-4-6-8-11/h4-8,12-14H,3,9-10H2,1-2H3. The Morgan fingerprint density at radius 1 is 1.27 bits per heavy atom. The Morgan fingerprint density at radius 3 is 2.60 bits per heavy atom. The van der Waals surface area contributed by atoms with Gasteiger partial charge in [0, 0.05) is 5.88 Å². The first-order chi connectivity index (χ1) is 7.38. The second kappa shape index (κ2) is 7.74. The molecule has 15 heavy (non-hydrogen) atoms. The predicted octanol–water partition coefficient (Wildman–Crippen LogP) is 2.59. The fraction of sp³-hybridized carbons (Fsp3) is 0.500. The summed E-state index contributed by atoms with van der Waals surface area (Å²) in [7, 11) is 1.98. The molecule has 2 N–H and O–H groups in total. The number of thioether (sulfide) groups is 1. The maximum atomic E-state index is 3.54. The minimum absolute atomic E-state index is 0.401. The molecule has 0 radical (unpaired) electrons. The molecular formula is C12H20N2S. The minimum atomic E-state index is 0.401. The van der Waals surface area contributed by atoms with Crippen molar-refractivity contribution in [3.63, 3.8) is 0 Å². The molecule has 1 aromatic carbocycles. The van der Waals surface area contributed by atoms with E-state index in [0.717, 1.165) is 12.4 Å².